The Labute approximate surface area is 174 Å². The zero-order valence-electron chi connectivity index (χ0n) is 16.1. The van der Waals surface area contributed by atoms with Crippen molar-refractivity contribution in [2.24, 2.45) is 0 Å². The van der Waals surface area contributed by atoms with E-state index in [-0.39, 0.29) is 10.0 Å². The van der Waals surface area contributed by atoms with Gasteiger partial charge in [0.25, 0.3) is 0 Å². The molecule has 1 aromatic carbocycles. The SMILES string of the molecule is CCNS(=O)(=O)c1ccc(NC(=S)Nc2sc(C)c(CC)c2C(=O)OC)cc1. The van der Waals surface area contributed by atoms with Crippen molar-refractivity contribution in [3.05, 3.63) is 40.3 Å². The van der Waals surface area contributed by atoms with E-state index in [2.05, 4.69) is 15.4 Å². The fourth-order valence-electron chi connectivity index (χ4n) is 2.67. The first-order chi connectivity index (χ1) is 13.2. The van der Waals surface area contributed by atoms with Gasteiger partial charge in [0.15, 0.2) is 5.11 Å². The van der Waals surface area contributed by atoms with E-state index in [4.69, 9.17) is 17.0 Å². The lowest BCUT2D eigenvalue weighted by Crippen LogP contribution is -2.23. The third-order valence-corrected chi connectivity index (χ3v) is 6.76. The predicted octanol–water partition coefficient (Wildman–Crippen LogP) is 3.51. The Morgan fingerprint density at radius 2 is 1.82 bits per heavy atom. The van der Waals surface area contributed by atoms with Crippen LogP contribution < -0.4 is 15.4 Å². The number of rotatable bonds is 7. The van der Waals surface area contributed by atoms with Crippen LogP contribution >= 0.6 is 23.6 Å². The van der Waals surface area contributed by atoms with E-state index in [1.807, 2.05) is 13.8 Å². The molecule has 7 nitrogen and oxygen atoms in total. The van der Waals surface area contributed by atoms with E-state index in [0.29, 0.717) is 29.2 Å². The molecule has 28 heavy (non-hydrogen) atoms. The van der Waals surface area contributed by atoms with Gasteiger partial charge in [-0.2, -0.15) is 0 Å². The minimum absolute atomic E-state index is 0.174. The topological polar surface area (TPSA) is 96.5 Å². The summed E-state index contributed by atoms with van der Waals surface area (Å²) in [6, 6.07) is 6.23. The third-order valence-electron chi connectivity index (χ3n) is 3.94. The third kappa shape index (κ3) is 5.07. The predicted molar refractivity (Wildman–Crippen MR) is 117 cm³/mol. The van der Waals surface area contributed by atoms with Gasteiger partial charge >= 0.3 is 5.97 Å². The van der Waals surface area contributed by atoms with Crippen molar-refractivity contribution in [2.75, 3.05) is 24.3 Å². The summed E-state index contributed by atoms with van der Waals surface area (Å²) in [4.78, 5) is 13.4. The minimum atomic E-state index is -3.50. The second kappa shape index (κ2) is 9.46. The van der Waals surface area contributed by atoms with Crippen molar-refractivity contribution in [1.82, 2.24) is 4.72 Å². The molecule has 0 aliphatic rings. The summed E-state index contributed by atoms with van der Waals surface area (Å²) in [6.45, 7) is 5.96. The summed E-state index contributed by atoms with van der Waals surface area (Å²) >= 11 is 6.77. The van der Waals surface area contributed by atoms with E-state index >= 15 is 0 Å². The quantitative estimate of drug-likeness (QED) is 0.447. The zero-order chi connectivity index (χ0) is 20.9. The van der Waals surface area contributed by atoms with Crippen LogP contribution in [0, 0.1) is 6.92 Å². The van der Waals surface area contributed by atoms with Gasteiger partial charge in [-0.1, -0.05) is 13.8 Å². The molecule has 0 bridgehead atoms. The van der Waals surface area contributed by atoms with Gasteiger partial charge in [-0.25, -0.2) is 17.9 Å². The number of anilines is 2. The number of ether oxygens (including phenoxy) is 1. The van der Waals surface area contributed by atoms with Crippen molar-refractivity contribution in [2.45, 2.75) is 32.1 Å². The maximum absolute atomic E-state index is 12.2. The monoisotopic (exact) mass is 441 g/mol. The minimum Gasteiger partial charge on any atom is -0.465 e. The number of methoxy groups -OCH3 is 1. The standard InChI is InChI=1S/C18H23N3O4S3/c1-5-14-11(3)27-16(15(14)17(22)25-4)21-18(26)20-12-7-9-13(10-8-12)28(23,24)19-6-2/h7-10,19H,5-6H2,1-4H3,(H2,20,21,26). The number of hydrogen-bond acceptors (Lipinski definition) is 6. The van der Waals surface area contributed by atoms with Crippen LogP contribution in [-0.2, 0) is 21.2 Å². The van der Waals surface area contributed by atoms with Crippen LogP contribution in [0.15, 0.2) is 29.2 Å². The molecular formula is C18H23N3O4S3. The van der Waals surface area contributed by atoms with E-state index in [1.54, 1.807) is 19.1 Å². The first-order valence-electron chi connectivity index (χ1n) is 8.61. The number of carbonyl (C=O) groups excluding carboxylic acids is 1. The maximum atomic E-state index is 12.2. The number of thiophene rings is 1. The smallest absolute Gasteiger partial charge is 0.341 e. The summed E-state index contributed by atoms with van der Waals surface area (Å²) in [6.07, 6.45) is 0.705. The second-order valence-corrected chi connectivity index (χ2v) is 9.19. The Balaban J connectivity index is 2.16. The highest BCUT2D eigenvalue weighted by Gasteiger charge is 2.22. The highest BCUT2D eigenvalue weighted by molar-refractivity contribution is 7.89. The van der Waals surface area contributed by atoms with Crippen LogP contribution in [0.25, 0.3) is 0 Å². The molecule has 1 aromatic heterocycles. The van der Waals surface area contributed by atoms with Crippen LogP contribution in [0.5, 0.6) is 0 Å². The number of hydrogen-bond donors (Lipinski definition) is 3. The molecule has 10 heteroatoms. The highest BCUT2D eigenvalue weighted by Crippen LogP contribution is 2.34. The van der Waals surface area contributed by atoms with Crippen LogP contribution in [0.2, 0.25) is 0 Å². The fourth-order valence-corrected chi connectivity index (χ4v) is 5.13. The average Bonchev–Trinajstić information content (AvgIpc) is 2.96. The fraction of sp³-hybridized carbons (Fsp3) is 0.333. The molecule has 3 N–H and O–H groups in total. The van der Waals surface area contributed by atoms with E-state index in [0.717, 1.165) is 10.4 Å². The Hall–Kier alpha value is -2.01. The molecule has 0 unspecified atom stereocenters. The molecular weight excluding hydrogens is 418 g/mol. The van der Waals surface area contributed by atoms with E-state index < -0.39 is 16.0 Å². The number of carbonyl (C=O) groups is 1. The number of aryl methyl sites for hydroxylation is 1. The van der Waals surface area contributed by atoms with Gasteiger partial charge in [0.1, 0.15) is 5.00 Å². The molecule has 2 aromatic rings. The van der Waals surface area contributed by atoms with Crippen molar-refractivity contribution in [3.8, 4) is 0 Å². The van der Waals surface area contributed by atoms with Crippen LogP contribution in [0.1, 0.15) is 34.6 Å². The molecule has 2 rings (SSSR count). The van der Waals surface area contributed by atoms with Gasteiger partial charge in [-0.3, -0.25) is 0 Å². The number of thiocarbonyl (C=S) groups is 1. The lowest BCUT2D eigenvalue weighted by molar-refractivity contribution is 0.0601. The normalized spacial score (nSPS) is 11.1. The molecule has 0 saturated heterocycles. The molecule has 152 valence electrons. The highest BCUT2D eigenvalue weighted by atomic mass is 32.2. The summed E-state index contributed by atoms with van der Waals surface area (Å²) < 4.78 is 31.3. The van der Waals surface area contributed by atoms with Gasteiger partial charge < -0.3 is 15.4 Å². The van der Waals surface area contributed by atoms with Crippen molar-refractivity contribution in [1.29, 1.82) is 0 Å². The summed E-state index contributed by atoms with van der Waals surface area (Å²) in [7, 11) is -2.16. The zero-order valence-corrected chi connectivity index (χ0v) is 18.5. The molecule has 0 atom stereocenters. The molecule has 0 aliphatic carbocycles. The van der Waals surface area contributed by atoms with E-state index in [9.17, 15) is 13.2 Å². The molecule has 0 aliphatic heterocycles. The first kappa shape index (κ1) is 22.3. The second-order valence-electron chi connectivity index (χ2n) is 5.79. The molecule has 0 radical (unpaired) electrons. The Morgan fingerprint density at radius 3 is 2.36 bits per heavy atom. The van der Waals surface area contributed by atoms with Crippen LogP contribution in [0.3, 0.4) is 0 Å². The first-order valence-corrected chi connectivity index (χ1v) is 11.3. The molecule has 1 heterocycles. The van der Waals surface area contributed by atoms with Crippen molar-refractivity contribution in [3.63, 3.8) is 0 Å². The molecule has 0 spiro atoms. The lowest BCUT2D eigenvalue weighted by Gasteiger charge is -2.12. The Kier molecular flexibility index (Phi) is 7.53. The Morgan fingerprint density at radius 1 is 1.18 bits per heavy atom. The van der Waals surface area contributed by atoms with Crippen molar-refractivity contribution >= 4 is 55.3 Å². The van der Waals surface area contributed by atoms with Gasteiger partial charge in [0.05, 0.1) is 17.6 Å². The number of esters is 1. The number of benzene rings is 1. The lowest BCUT2D eigenvalue weighted by atomic mass is 10.1. The number of sulfonamides is 1. The van der Waals surface area contributed by atoms with Gasteiger partial charge in [-0.15, -0.1) is 11.3 Å². The Bertz CT molecular complexity index is 967. The largest absolute Gasteiger partial charge is 0.465 e. The van der Waals surface area contributed by atoms with Crippen LogP contribution in [-0.4, -0.2) is 33.2 Å². The van der Waals surface area contributed by atoms with Gasteiger partial charge in [0.2, 0.25) is 10.0 Å². The van der Waals surface area contributed by atoms with Crippen LogP contribution in [0.4, 0.5) is 10.7 Å². The summed E-state index contributed by atoms with van der Waals surface area (Å²) in [5.41, 5.74) is 2.04. The maximum Gasteiger partial charge on any atom is 0.341 e. The molecule has 0 saturated carbocycles. The molecule has 0 amide bonds. The molecule has 0 fully saturated rings. The van der Waals surface area contributed by atoms with Gasteiger partial charge in [0, 0.05) is 17.1 Å². The number of nitrogens with one attached hydrogen (secondary N) is 3. The average molecular weight is 442 g/mol. The van der Waals surface area contributed by atoms with Crippen molar-refractivity contribution < 1.29 is 17.9 Å². The van der Waals surface area contributed by atoms with Gasteiger partial charge in [-0.05, 0) is 55.4 Å². The van der Waals surface area contributed by atoms with E-state index in [1.165, 1.54) is 30.6 Å². The summed E-state index contributed by atoms with van der Waals surface area (Å²) in [5.74, 6) is -0.413. The summed E-state index contributed by atoms with van der Waals surface area (Å²) in [5, 5.41) is 6.94.